The van der Waals surface area contributed by atoms with E-state index in [9.17, 15) is 43.2 Å². The first-order valence-electron chi connectivity index (χ1n) is 50.4. The molecule has 19 heteroatoms. The second-order valence-corrected chi connectivity index (χ2v) is 39.3. The van der Waals surface area contributed by atoms with Crippen molar-refractivity contribution in [3.05, 3.63) is 0 Å². The van der Waals surface area contributed by atoms with Crippen molar-refractivity contribution >= 4 is 39.5 Å². The minimum atomic E-state index is -4.97. The number of phosphoric ester groups is 2. The second-order valence-electron chi connectivity index (χ2n) is 36.4. The summed E-state index contributed by atoms with van der Waals surface area (Å²) in [5.41, 5.74) is 0. The standard InChI is InChI=1S/C98H192O17P2/c1-8-10-11-12-13-14-15-34-44-51-58-65-72-79-95(100)108-85-93(114-97(102)81-74-67-60-53-46-39-32-26-20-17-23-29-36-42-49-56-63-70-77-90(5)6)87-112-116(104,105)110-83-92(99)84-111-117(106,107)113-88-94(86-109-96(101)80-73-66-59-52-45-38-31-25-19-16-22-28-35-41-48-55-62-69-76-89(3)4)115-98(103)82-75-68-61-54-47-40-33-27-21-18-24-30-37-43-50-57-64-71-78-91(7)9-2/h89-94,99H,8-88H2,1-7H3,(H,104,105)(H,106,107)/t91?,92-,93+,94+/m0/s1. The van der Waals surface area contributed by atoms with E-state index in [4.69, 9.17) is 37.0 Å². The van der Waals surface area contributed by atoms with Crippen molar-refractivity contribution in [2.24, 2.45) is 17.8 Å². The van der Waals surface area contributed by atoms with Crippen LogP contribution in [0, 0.1) is 17.8 Å². The molecule has 0 saturated carbocycles. The van der Waals surface area contributed by atoms with Gasteiger partial charge in [0.2, 0.25) is 0 Å². The van der Waals surface area contributed by atoms with Crippen molar-refractivity contribution in [1.82, 2.24) is 0 Å². The highest BCUT2D eigenvalue weighted by Crippen LogP contribution is 2.45. The van der Waals surface area contributed by atoms with Crippen LogP contribution in [0.15, 0.2) is 0 Å². The maximum Gasteiger partial charge on any atom is 0.472 e. The summed E-state index contributed by atoms with van der Waals surface area (Å²) in [5, 5.41) is 10.7. The van der Waals surface area contributed by atoms with Crippen molar-refractivity contribution in [1.29, 1.82) is 0 Å². The molecule has 0 rings (SSSR count). The Morgan fingerprint density at radius 1 is 0.248 bits per heavy atom. The van der Waals surface area contributed by atoms with Crippen LogP contribution in [0.2, 0.25) is 0 Å². The van der Waals surface area contributed by atoms with Crippen LogP contribution < -0.4 is 0 Å². The SMILES string of the molecule is CCCCCCCCCCCCCCCC(=O)OC[C@H](COP(=O)(O)OC[C@H](O)COP(=O)(O)OC[C@@H](COC(=O)CCCCCCCCCCCCCCCCCCCCC(C)C)OC(=O)CCCCCCCCCCCCCCCCCCCCC(C)CC)OC(=O)CCCCCCCCCCCCCCCCCCCCC(C)C. The maximum absolute atomic E-state index is 13.2. The lowest BCUT2D eigenvalue weighted by atomic mass is 9.99. The van der Waals surface area contributed by atoms with Gasteiger partial charge >= 0.3 is 39.5 Å². The van der Waals surface area contributed by atoms with Crippen LogP contribution in [-0.2, 0) is 65.4 Å². The lowest BCUT2D eigenvalue weighted by Gasteiger charge is -2.21. The number of hydrogen-bond donors (Lipinski definition) is 3. The van der Waals surface area contributed by atoms with Gasteiger partial charge in [0.25, 0.3) is 0 Å². The zero-order chi connectivity index (χ0) is 85.7. The highest BCUT2D eigenvalue weighted by Gasteiger charge is 2.31. The van der Waals surface area contributed by atoms with Gasteiger partial charge in [0.05, 0.1) is 26.4 Å². The molecule has 0 aliphatic carbocycles. The van der Waals surface area contributed by atoms with E-state index in [1.165, 1.54) is 340 Å². The molecule has 3 N–H and O–H groups in total. The van der Waals surface area contributed by atoms with Crippen molar-refractivity contribution in [3.63, 3.8) is 0 Å². The van der Waals surface area contributed by atoms with E-state index < -0.39 is 97.5 Å². The van der Waals surface area contributed by atoms with Gasteiger partial charge < -0.3 is 33.8 Å². The third kappa shape index (κ3) is 90.1. The first kappa shape index (κ1) is 115. The van der Waals surface area contributed by atoms with Gasteiger partial charge in [-0.05, 0) is 43.4 Å². The molecule has 0 bridgehead atoms. The Balaban J connectivity index is 5.25. The molecule has 0 spiro atoms. The van der Waals surface area contributed by atoms with Crippen LogP contribution in [-0.4, -0.2) is 96.7 Å². The van der Waals surface area contributed by atoms with Crippen molar-refractivity contribution in [2.45, 2.75) is 548 Å². The fourth-order valence-electron chi connectivity index (χ4n) is 15.5. The number of hydrogen-bond acceptors (Lipinski definition) is 15. The fourth-order valence-corrected chi connectivity index (χ4v) is 17.0. The van der Waals surface area contributed by atoms with Crippen molar-refractivity contribution in [2.75, 3.05) is 39.6 Å². The number of carbonyl (C=O) groups excluding carboxylic acids is 4. The number of unbranched alkanes of at least 4 members (excludes halogenated alkanes) is 63. The van der Waals surface area contributed by atoms with E-state index >= 15 is 0 Å². The van der Waals surface area contributed by atoms with Crippen molar-refractivity contribution < 1.29 is 80.2 Å². The molecular formula is C98H192O17P2. The molecule has 3 unspecified atom stereocenters. The van der Waals surface area contributed by atoms with Crippen molar-refractivity contribution in [3.8, 4) is 0 Å². The second kappa shape index (κ2) is 87.5. The molecule has 0 fully saturated rings. The highest BCUT2D eigenvalue weighted by atomic mass is 31.2. The summed E-state index contributed by atoms with van der Waals surface area (Å²) in [7, 11) is -9.95. The number of rotatable bonds is 96. The first-order chi connectivity index (χ1) is 56.8. The van der Waals surface area contributed by atoms with E-state index in [1.807, 2.05) is 0 Å². The lowest BCUT2D eigenvalue weighted by molar-refractivity contribution is -0.161. The zero-order valence-corrected chi connectivity index (χ0v) is 79.5. The van der Waals surface area contributed by atoms with Crippen LogP contribution in [0.25, 0.3) is 0 Å². The normalized spacial score (nSPS) is 13.9. The summed E-state index contributed by atoms with van der Waals surface area (Å²) in [6, 6.07) is 0. The Morgan fingerprint density at radius 2 is 0.436 bits per heavy atom. The highest BCUT2D eigenvalue weighted by molar-refractivity contribution is 7.47. The summed E-state index contributed by atoms with van der Waals surface area (Å²) in [5.74, 6) is 0.426. The van der Waals surface area contributed by atoms with Gasteiger partial charge in [-0.1, -0.05) is 479 Å². The Bertz CT molecular complexity index is 2240. The average Bonchev–Trinajstić information content (AvgIpc) is 0.897. The molecule has 0 amide bonds. The molecule has 117 heavy (non-hydrogen) atoms. The predicted molar refractivity (Wildman–Crippen MR) is 488 cm³/mol. The lowest BCUT2D eigenvalue weighted by Crippen LogP contribution is -2.30. The molecule has 696 valence electrons. The third-order valence-corrected chi connectivity index (χ3v) is 25.4. The number of aliphatic hydroxyl groups is 1. The van der Waals surface area contributed by atoms with Crippen LogP contribution in [0.3, 0.4) is 0 Å². The molecule has 17 nitrogen and oxygen atoms in total. The molecule has 0 saturated heterocycles. The molecule has 0 aromatic carbocycles. The Kier molecular flexibility index (Phi) is 86.1. The summed E-state index contributed by atoms with van der Waals surface area (Å²) in [4.78, 5) is 73.7. The molecule has 0 aliphatic rings. The van der Waals surface area contributed by atoms with Crippen LogP contribution >= 0.6 is 15.6 Å². The number of phosphoric acid groups is 2. The Labute approximate surface area is 721 Å². The van der Waals surface area contributed by atoms with E-state index in [1.54, 1.807) is 0 Å². The van der Waals surface area contributed by atoms with E-state index in [0.717, 1.165) is 108 Å². The fraction of sp³-hybridized carbons (Fsp3) is 0.959. The molecule has 0 aromatic rings. The predicted octanol–water partition coefficient (Wildman–Crippen LogP) is 30.8. The number of esters is 4. The average molecular weight is 1700 g/mol. The van der Waals surface area contributed by atoms with Gasteiger partial charge in [-0.2, -0.15) is 0 Å². The summed E-state index contributed by atoms with van der Waals surface area (Å²) >= 11 is 0. The molecule has 0 aromatic heterocycles. The zero-order valence-electron chi connectivity index (χ0n) is 77.7. The van der Waals surface area contributed by atoms with Crippen LogP contribution in [0.4, 0.5) is 0 Å². The third-order valence-electron chi connectivity index (χ3n) is 23.5. The smallest absolute Gasteiger partial charge is 0.462 e. The van der Waals surface area contributed by atoms with Crippen LogP contribution in [0.5, 0.6) is 0 Å². The topological polar surface area (TPSA) is 237 Å². The Morgan fingerprint density at radius 3 is 0.650 bits per heavy atom. The Hall–Kier alpha value is -1.94. The van der Waals surface area contributed by atoms with Crippen LogP contribution in [0.1, 0.15) is 530 Å². The van der Waals surface area contributed by atoms with Gasteiger partial charge in [0.1, 0.15) is 19.3 Å². The summed E-state index contributed by atoms with van der Waals surface area (Å²) in [6.45, 7) is 12.2. The quantitative estimate of drug-likeness (QED) is 0.0222. The maximum atomic E-state index is 13.2. The molecule has 0 heterocycles. The van der Waals surface area contributed by atoms with E-state index in [2.05, 4.69) is 48.5 Å². The van der Waals surface area contributed by atoms with E-state index in [-0.39, 0.29) is 25.7 Å². The van der Waals surface area contributed by atoms with Gasteiger partial charge in [0.15, 0.2) is 12.2 Å². The molecule has 6 atom stereocenters. The summed E-state index contributed by atoms with van der Waals surface area (Å²) < 4.78 is 69.3. The largest absolute Gasteiger partial charge is 0.472 e. The molecule has 0 aliphatic heterocycles. The number of aliphatic hydroxyl groups excluding tert-OH is 1. The number of ether oxygens (including phenoxy) is 4. The van der Waals surface area contributed by atoms with Gasteiger partial charge in [0, 0.05) is 25.7 Å². The monoisotopic (exact) mass is 1700 g/mol. The molecular weight excluding hydrogens is 1510 g/mol. The minimum Gasteiger partial charge on any atom is -0.462 e. The van der Waals surface area contributed by atoms with Gasteiger partial charge in [-0.25, -0.2) is 9.13 Å². The first-order valence-corrected chi connectivity index (χ1v) is 53.4. The molecule has 0 radical (unpaired) electrons. The van der Waals surface area contributed by atoms with E-state index in [0.29, 0.717) is 25.7 Å². The number of carbonyl (C=O) groups is 4. The minimum absolute atomic E-state index is 0.109. The van der Waals surface area contributed by atoms with Gasteiger partial charge in [-0.15, -0.1) is 0 Å². The summed E-state index contributed by atoms with van der Waals surface area (Å²) in [6.07, 6.45) is 83.4. The van der Waals surface area contributed by atoms with Gasteiger partial charge in [-0.3, -0.25) is 37.3 Å².